The molecule has 1 aromatic rings. The van der Waals surface area contributed by atoms with E-state index in [9.17, 15) is 14.7 Å². The summed E-state index contributed by atoms with van der Waals surface area (Å²) in [7, 11) is 0. The number of halogens is 2. The molecule has 2 saturated heterocycles. The van der Waals surface area contributed by atoms with Crippen molar-refractivity contribution in [3.8, 4) is 0 Å². The number of nitrogens with zero attached hydrogens (tertiary/aromatic N) is 2. The molecule has 2 fully saturated rings. The first-order valence-corrected chi connectivity index (χ1v) is 8.85. The van der Waals surface area contributed by atoms with Gasteiger partial charge >= 0.3 is 0 Å². The van der Waals surface area contributed by atoms with Crippen molar-refractivity contribution in [1.82, 2.24) is 20.4 Å². The second-order valence-electron chi connectivity index (χ2n) is 6.71. The molecule has 3 rings (SSSR count). The van der Waals surface area contributed by atoms with Crippen molar-refractivity contribution >= 4 is 36.6 Å². The Morgan fingerprint density at radius 2 is 1.78 bits per heavy atom. The predicted molar refractivity (Wildman–Crippen MR) is 108 cm³/mol. The summed E-state index contributed by atoms with van der Waals surface area (Å²) >= 11 is 0. The van der Waals surface area contributed by atoms with Gasteiger partial charge in [0.1, 0.15) is 0 Å². The van der Waals surface area contributed by atoms with Gasteiger partial charge in [0, 0.05) is 39.3 Å². The fourth-order valence-electron chi connectivity index (χ4n) is 3.31. The molecule has 0 radical (unpaired) electrons. The molecule has 2 unspecified atom stereocenters. The summed E-state index contributed by atoms with van der Waals surface area (Å²) in [6.07, 6.45) is 0.0598. The van der Waals surface area contributed by atoms with Gasteiger partial charge in [-0.3, -0.25) is 14.5 Å². The first-order chi connectivity index (χ1) is 12.1. The molecule has 2 amide bonds. The van der Waals surface area contributed by atoms with E-state index in [1.54, 1.807) is 0 Å². The van der Waals surface area contributed by atoms with Gasteiger partial charge in [-0.25, -0.2) is 0 Å². The highest BCUT2D eigenvalue weighted by Crippen LogP contribution is 2.11. The highest BCUT2D eigenvalue weighted by Gasteiger charge is 2.32. The zero-order chi connectivity index (χ0) is 17.6. The van der Waals surface area contributed by atoms with Gasteiger partial charge in [0.15, 0.2) is 0 Å². The lowest BCUT2D eigenvalue weighted by molar-refractivity contribution is -0.135. The molecule has 0 spiro atoms. The van der Waals surface area contributed by atoms with Gasteiger partial charge in [-0.05, 0) is 12.0 Å². The number of aliphatic hydroxyl groups is 1. The average Bonchev–Trinajstić information content (AvgIpc) is 3.07. The molecule has 2 aliphatic rings. The van der Waals surface area contributed by atoms with Crippen LogP contribution in [0.15, 0.2) is 30.3 Å². The summed E-state index contributed by atoms with van der Waals surface area (Å²) in [5, 5.41) is 15.5. The van der Waals surface area contributed by atoms with Crippen molar-refractivity contribution in [1.29, 1.82) is 0 Å². The summed E-state index contributed by atoms with van der Waals surface area (Å²) in [6, 6.07) is 9.56. The number of amides is 2. The van der Waals surface area contributed by atoms with Gasteiger partial charge in [-0.15, -0.1) is 24.8 Å². The minimum atomic E-state index is -0.427. The van der Waals surface area contributed by atoms with Crippen LogP contribution in [0.5, 0.6) is 0 Å². The van der Waals surface area contributed by atoms with Crippen LogP contribution in [0.3, 0.4) is 0 Å². The number of aliphatic hydroxyl groups excluding tert-OH is 1. The molecule has 1 aromatic carbocycles. The van der Waals surface area contributed by atoms with Crippen molar-refractivity contribution in [3.05, 3.63) is 35.9 Å². The molecule has 0 aliphatic carbocycles. The maximum Gasteiger partial charge on any atom is 0.239 e. The summed E-state index contributed by atoms with van der Waals surface area (Å²) in [4.78, 5) is 28.4. The first-order valence-electron chi connectivity index (χ1n) is 8.85. The van der Waals surface area contributed by atoms with E-state index >= 15 is 0 Å². The van der Waals surface area contributed by atoms with Gasteiger partial charge in [0.2, 0.25) is 11.8 Å². The summed E-state index contributed by atoms with van der Waals surface area (Å²) < 4.78 is 0. The molecular formula is C18H28Cl2N4O3. The number of β-amino-alcohol motifs (C(OH)–C–C–N with tert-alkyl or cyclic N) is 1. The Morgan fingerprint density at radius 3 is 2.37 bits per heavy atom. The first kappa shape index (κ1) is 23.7. The second kappa shape index (κ2) is 11.5. The van der Waals surface area contributed by atoms with E-state index in [4.69, 9.17) is 0 Å². The average molecular weight is 419 g/mol. The normalized spacial score (nSPS) is 22.5. The molecule has 7 nitrogen and oxygen atoms in total. The Labute approximate surface area is 172 Å². The van der Waals surface area contributed by atoms with E-state index in [0.29, 0.717) is 52.2 Å². The molecule has 152 valence electrons. The fourth-order valence-corrected chi connectivity index (χ4v) is 3.31. The van der Waals surface area contributed by atoms with E-state index in [1.807, 2.05) is 35.2 Å². The summed E-state index contributed by atoms with van der Waals surface area (Å²) in [5.74, 6) is 0.0638. The van der Waals surface area contributed by atoms with Gasteiger partial charge in [-0.2, -0.15) is 0 Å². The molecule has 2 aliphatic heterocycles. The third kappa shape index (κ3) is 6.93. The van der Waals surface area contributed by atoms with Gasteiger partial charge in [0.05, 0.1) is 18.7 Å². The van der Waals surface area contributed by atoms with Gasteiger partial charge in [0.25, 0.3) is 0 Å². The molecule has 2 heterocycles. The number of benzene rings is 1. The number of hydrogen-bond donors (Lipinski definition) is 3. The number of hydrogen-bond acceptors (Lipinski definition) is 5. The Bertz CT molecular complexity index is 598. The third-order valence-corrected chi connectivity index (χ3v) is 4.79. The minimum Gasteiger partial charge on any atom is -0.392 e. The van der Waals surface area contributed by atoms with Crippen LogP contribution in [0.25, 0.3) is 0 Å². The van der Waals surface area contributed by atoms with Crippen molar-refractivity contribution in [3.63, 3.8) is 0 Å². The largest absolute Gasteiger partial charge is 0.392 e. The lowest BCUT2D eigenvalue weighted by atomic mass is 10.1. The van der Waals surface area contributed by atoms with Gasteiger partial charge < -0.3 is 20.6 Å². The summed E-state index contributed by atoms with van der Waals surface area (Å²) in [6.45, 7) is 4.01. The number of carbonyl (C=O) groups is 2. The maximum absolute atomic E-state index is 12.4. The molecule has 0 bridgehead atoms. The highest BCUT2D eigenvalue weighted by molar-refractivity contribution is 5.85. The van der Waals surface area contributed by atoms with E-state index in [2.05, 4.69) is 15.5 Å². The number of nitrogens with one attached hydrogen (secondary N) is 2. The molecule has 0 saturated carbocycles. The Morgan fingerprint density at radius 1 is 1.11 bits per heavy atom. The van der Waals surface area contributed by atoms with Crippen LogP contribution < -0.4 is 10.6 Å². The van der Waals surface area contributed by atoms with E-state index < -0.39 is 6.10 Å². The second-order valence-corrected chi connectivity index (χ2v) is 6.71. The van der Waals surface area contributed by atoms with Crippen molar-refractivity contribution in [2.45, 2.75) is 25.1 Å². The smallest absolute Gasteiger partial charge is 0.239 e. The van der Waals surface area contributed by atoms with E-state index in [0.717, 1.165) is 5.56 Å². The van der Waals surface area contributed by atoms with Crippen LogP contribution in [-0.4, -0.2) is 78.1 Å². The summed E-state index contributed by atoms with van der Waals surface area (Å²) in [5.41, 5.74) is 1.08. The van der Waals surface area contributed by atoms with Crippen LogP contribution in [0.2, 0.25) is 0 Å². The molecule has 0 aromatic heterocycles. The van der Waals surface area contributed by atoms with Crippen LogP contribution in [-0.2, 0) is 16.1 Å². The molecule has 2 atom stereocenters. The molecular weight excluding hydrogens is 391 g/mol. The molecule has 9 heteroatoms. The Balaban J connectivity index is 0.00000182. The lowest BCUT2D eigenvalue weighted by Crippen LogP contribution is -2.54. The van der Waals surface area contributed by atoms with E-state index in [1.165, 1.54) is 0 Å². The maximum atomic E-state index is 12.4. The topological polar surface area (TPSA) is 84.9 Å². The predicted octanol–water partition coefficient (Wildman–Crippen LogP) is 0.0134. The van der Waals surface area contributed by atoms with Crippen LogP contribution in [0.1, 0.15) is 12.0 Å². The standard InChI is InChI=1S/C18H26N4O3.2ClH/c23-15-10-16(19-12-15)18(25)22-8-6-21(7-9-22)13-17(24)20-11-14-4-2-1-3-5-14;;/h1-5,15-16,19,23H,6-13H2,(H,20,24);2*1H. The number of piperazine rings is 1. The van der Waals surface area contributed by atoms with Crippen LogP contribution >= 0.6 is 24.8 Å². The Kier molecular flexibility index (Phi) is 10.0. The van der Waals surface area contributed by atoms with Gasteiger partial charge in [-0.1, -0.05) is 30.3 Å². The number of carbonyl (C=O) groups excluding carboxylic acids is 2. The van der Waals surface area contributed by atoms with Crippen LogP contribution in [0, 0.1) is 0 Å². The fraction of sp³-hybridized carbons (Fsp3) is 0.556. The monoisotopic (exact) mass is 418 g/mol. The van der Waals surface area contributed by atoms with Crippen molar-refractivity contribution < 1.29 is 14.7 Å². The lowest BCUT2D eigenvalue weighted by Gasteiger charge is -2.35. The highest BCUT2D eigenvalue weighted by atomic mass is 35.5. The zero-order valence-corrected chi connectivity index (χ0v) is 16.8. The van der Waals surface area contributed by atoms with Crippen molar-refractivity contribution in [2.75, 3.05) is 39.3 Å². The zero-order valence-electron chi connectivity index (χ0n) is 15.2. The number of rotatable bonds is 5. The SMILES string of the molecule is Cl.Cl.O=C(CN1CCN(C(=O)C2CC(O)CN2)CC1)NCc1ccccc1. The Hall–Kier alpha value is -1.38. The van der Waals surface area contributed by atoms with E-state index in [-0.39, 0.29) is 42.7 Å². The molecule has 27 heavy (non-hydrogen) atoms. The quantitative estimate of drug-likeness (QED) is 0.627. The molecule has 3 N–H and O–H groups in total. The minimum absolute atomic E-state index is 0. The third-order valence-electron chi connectivity index (χ3n) is 4.79. The van der Waals surface area contributed by atoms with Crippen LogP contribution in [0.4, 0.5) is 0 Å². The van der Waals surface area contributed by atoms with Crippen molar-refractivity contribution in [2.24, 2.45) is 0 Å².